The summed E-state index contributed by atoms with van der Waals surface area (Å²) in [5, 5.41) is 14.8. The van der Waals surface area contributed by atoms with Crippen LogP contribution in [0.4, 0.5) is 10.8 Å². The van der Waals surface area contributed by atoms with Gasteiger partial charge in [0.25, 0.3) is 0 Å². The molecule has 2 aromatic rings. The van der Waals surface area contributed by atoms with E-state index in [1.807, 2.05) is 0 Å². The Morgan fingerprint density at radius 1 is 1.50 bits per heavy atom. The number of hydrogen-bond donors (Lipinski definition) is 2. The number of esters is 1. The summed E-state index contributed by atoms with van der Waals surface area (Å²) in [5.41, 5.74) is 0.908. The number of hydrogen-bond acceptors (Lipinski definition) is 7. The number of methoxy groups -OCH3 is 1. The van der Waals surface area contributed by atoms with Crippen LogP contribution in [0.5, 0.6) is 11.5 Å². The van der Waals surface area contributed by atoms with Gasteiger partial charge in [0, 0.05) is 17.1 Å². The largest absolute Gasteiger partial charge is 0.504 e. The minimum atomic E-state index is -0.450. The first-order chi connectivity index (χ1) is 9.63. The van der Waals surface area contributed by atoms with Crippen molar-refractivity contribution in [3.8, 4) is 11.5 Å². The molecule has 0 radical (unpaired) electrons. The van der Waals surface area contributed by atoms with Gasteiger partial charge in [0.05, 0.1) is 13.7 Å². The Kier molecular flexibility index (Phi) is 4.41. The van der Waals surface area contributed by atoms with Crippen molar-refractivity contribution in [2.24, 2.45) is 0 Å². The van der Waals surface area contributed by atoms with Crippen LogP contribution >= 0.6 is 11.3 Å². The molecular weight excluding hydrogens is 280 g/mol. The minimum absolute atomic E-state index is 0.0275. The third-order valence-corrected chi connectivity index (χ3v) is 3.18. The Bertz CT molecular complexity index is 612. The van der Waals surface area contributed by atoms with E-state index in [1.54, 1.807) is 24.4 Å². The van der Waals surface area contributed by atoms with Gasteiger partial charge in [-0.3, -0.25) is 0 Å². The molecule has 0 spiro atoms. The highest BCUT2D eigenvalue weighted by Crippen LogP contribution is 2.30. The maximum Gasteiger partial charge on any atom is 0.357 e. The van der Waals surface area contributed by atoms with Crippen LogP contribution in [0.25, 0.3) is 0 Å². The van der Waals surface area contributed by atoms with Gasteiger partial charge in [0.15, 0.2) is 22.3 Å². The number of carbonyl (C=O) groups excluding carboxylic acids is 1. The number of carbonyl (C=O) groups is 1. The Labute approximate surface area is 120 Å². The van der Waals surface area contributed by atoms with Gasteiger partial charge >= 0.3 is 5.97 Å². The third kappa shape index (κ3) is 3.18. The Balaban J connectivity index is 2.10. The van der Waals surface area contributed by atoms with Crippen molar-refractivity contribution in [1.82, 2.24) is 4.98 Å². The van der Waals surface area contributed by atoms with Crippen LogP contribution in [0.2, 0.25) is 0 Å². The smallest absolute Gasteiger partial charge is 0.357 e. The fourth-order valence-corrected chi connectivity index (χ4v) is 2.22. The second-order valence-corrected chi connectivity index (χ2v) is 4.63. The van der Waals surface area contributed by atoms with E-state index >= 15 is 0 Å². The number of phenols is 1. The molecule has 1 aromatic heterocycles. The number of benzene rings is 1. The van der Waals surface area contributed by atoms with E-state index in [0.29, 0.717) is 23.2 Å². The fourth-order valence-electron chi connectivity index (χ4n) is 1.52. The van der Waals surface area contributed by atoms with E-state index in [0.717, 1.165) is 0 Å². The molecule has 1 aromatic carbocycles. The summed E-state index contributed by atoms with van der Waals surface area (Å²) in [5.74, 6) is -0.0315. The summed E-state index contributed by atoms with van der Waals surface area (Å²) in [6, 6.07) is 4.89. The average Bonchev–Trinajstić information content (AvgIpc) is 2.88. The van der Waals surface area contributed by atoms with Crippen LogP contribution in [0.3, 0.4) is 0 Å². The number of nitrogens with zero attached hydrogens (tertiary/aromatic N) is 1. The lowest BCUT2D eigenvalue weighted by Crippen LogP contribution is -2.04. The number of nitrogens with one attached hydrogen (secondary N) is 1. The normalized spacial score (nSPS) is 10.1. The highest BCUT2D eigenvalue weighted by molar-refractivity contribution is 7.14. The van der Waals surface area contributed by atoms with Crippen molar-refractivity contribution in [1.29, 1.82) is 0 Å². The number of ether oxygens (including phenoxy) is 2. The van der Waals surface area contributed by atoms with E-state index in [1.165, 1.54) is 24.5 Å². The summed E-state index contributed by atoms with van der Waals surface area (Å²) < 4.78 is 9.82. The molecule has 2 rings (SSSR count). The van der Waals surface area contributed by atoms with Crippen LogP contribution in [0.1, 0.15) is 17.4 Å². The summed E-state index contributed by atoms with van der Waals surface area (Å²) >= 11 is 1.28. The van der Waals surface area contributed by atoms with E-state index in [9.17, 15) is 9.90 Å². The first-order valence-electron chi connectivity index (χ1n) is 5.90. The molecule has 0 atom stereocenters. The van der Waals surface area contributed by atoms with Crippen LogP contribution < -0.4 is 10.1 Å². The predicted molar refractivity (Wildman–Crippen MR) is 76.0 cm³/mol. The van der Waals surface area contributed by atoms with E-state index in [4.69, 9.17) is 9.47 Å². The first kappa shape index (κ1) is 14.1. The van der Waals surface area contributed by atoms with Gasteiger partial charge < -0.3 is 19.9 Å². The Morgan fingerprint density at radius 2 is 2.30 bits per heavy atom. The lowest BCUT2D eigenvalue weighted by molar-refractivity contribution is 0.0520. The van der Waals surface area contributed by atoms with Gasteiger partial charge in [-0.15, -0.1) is 11.3 Å². The topological polar surface area (TPSA) is 80.7 Å². The van der Waals surface area contributed by atoms with Gasteiger partial charge in [0.1, 0.15) is 0 Å². The summed E-state index contributed by atoms with van der Waals surface area (Å²) in [6.45, 7) is 2.05. The molecule has 7 heteroatoms. The lowest BCUT2D eigenvalue weighted by atomic mass is 10.3. The van der Waals surface area contributed by atoms with Crippen molar-refractivity contribution in [3.05, 3.63) is 29.3 Å². The Morgan fingerprint density at radius 3 is 2.95 bits per heavy atom. The zero-order valence-corrected chi connectivity index (χ0v) is 11.9. The molecule has 0 aliphatic rings. The van der Waals surface area contributed by atoms with Crippen molar-refractivity contribution in [2.45, 2.75) is 6.92 Å². The number of phenolic OH excluding ortho intramolecular Hbond substituents is 1. The highest BCUT2D eigenvalue weighted by Gasteiger charge is 2.12. The molecule has 0 saturated carbocycles. The molecule has 20 heavy (non-hydrogen) atoms. The Hall–Kier alpha value is -2.28. The standard InChI is InChI=1S/C13H14N2O4S/c1-3-19-12(17)9-7-20-13(15-9)14-8-4-5-11(18-2)10(16)6-8/h4-7,16H,3H2,1-2H3,(H,14,15). The molecule has 0 unspecified atom stereocenters. The van der Waals surface area contributed by atoms with Crippen LogP contribution in [0, 0.1) is 0 Å². The van der Waals surface area contributed by atoms with Crippen LogP contribution in [0.15, 0.2) is 23.6 Å². The number of aromatic nitrogens is 1. The molecular formula is C13H14N2O4S. The molecule has 0 aliphatic heterocycles. The molecule has 0 aliphatic carbocycles. The molecule has 106 valence electrons. The molecule has 0 amide bonds. The van der Waals surface area contributed by atoms with E-state index < -0.39 is 5.97 Å². The molecule has 0 saturated heterocycles. The number of thiazole rings is 1. The fraction of sp³-hybridized carbons (Fsp3) is 0.231. The summed E-state index contributed by atoms with van der Waals surface area (Å²) in [7, 11) is 1.48. The number of aromatic hydroxyl groups is 1. The quantitative estimate of drug-likeness (QED) is 0.825. The maximum atomic E-state index is 11.5. The lowest BCUT2D eigenvalue weighted by Gasteiger charge is -2.06. The van der Waals surface area contributed by atoms with Crippen molar-refractivity contribution < 1.29 is 19.4 Å². The maximum absolute atomic E-state index is 11.5. The van der Waals surface area contributed by atoms with Crippen molar-refractivity contribution in [2.75, 3.05) is 19.0 Å². The summed E-state index contributed by atoms with van der Waals surface area (Å²) in [6.07, 6.45) is 0. The number of rotatable bonds is 5. The summed E-state index contributed by atoms with van der Waals surface area (Å²) in [4.78, 5) is 15.6. The van der Waals surface area contributed by atoms with Gasteiger partial charge in [0.2, 0.25) is 0 Å². The first-order valence-corrected chi connectivity index (χ1v) is 6.78. The van der Waals surface area contributed by atoms with Gasteiger partial charge in [-0.05, 0) is 19.1 Å². The number of anilines is 2. The minimum Gasteiger partial charge on any atom is -0.504 e. The predicted octanol–water partition coefficient (Wildman–Crippen LogP) is 2.78. The van der Waals surface area contributed by atoms with Gasteiger partial charge in [-0.25, -0.2) is 9.78 Å². The van der Waals surface area contributed by atoms with E-state index in [-0.39, 0.29) is 11.4 Å². The third-order valence-electron chi connectivity index (χ3n) is 2.42. The zero-order chi connectivity index (χ0) is 14.5. The average molecular weight is 294 g/mol. The van der Waals surface area contributed by atoms with Crippen molar-refractivity contribution in [3.63, 3.8) is 0 Å². The van der Waals surface area contributed by atoms with E-state index in [2.05, 4.69) is 10.3 Å². The highest BCUT2D eigenvalue weighted by atomic mass is 32.1. The molecule has 0 fully saturated rings. The van der Waals surface area contributed by atoms with Crippen molar-refractivity contribution >= 4 is 28.1 Å². The molecule has 6 nitrogen and oxygen atoms in total. The molecule has 0 bridgehead atoms. The van der Waals surface area contributed by atoms with Crippen LogP contribution in [-0.4, -0.2) is 29.8 Å². The van der Waals surface area contributed by atoms with Gasteiger partial charge in [-0.1, -0.05) is 0 Å². The SMILES string of the molecule is CCOC(=O)c1csc(Nc2ccc(OC)c(O)c2)n1. The monoisotopic (exact) mass is 294 g/mol. The second kappa shape index (κ2) is 6.25. The molecule has 2 N–H and O–H groups in total. The van der Waals surface area contributed by atoms with Gasteiger partial charge in [-0.2, -0.15) is 0 Å². The molecule has 1 heterocycles. The zero-order valence-electron chi connectivity index (χ0n) is 11.0. The second-order valence-electron chi connectivity index (χ2n) is 3.77. The van der Waals surface area contributed by atoms with Crippen LogP contribution in [-0.2, 0) is 4.74 Å².